The monoisotopic (exact) mass is 247 g/mol. The highest BCUT2D eigenvalue weighted by Crippen LogP contribution is 2.18. The van der Waals surface area contributed by atoms with Gasteiger partial charge < -0.3 is 21.7 Å². The SMILES string of the molecule is Nc1ccc(O)c(C(=O)O)c1.Nc1ccccn1. The second-order valence-corrected chi connectivity index (χ2v) is 3.34. The first-order valence-electron chi connectivity index (χ1n) is 4.99. The van der Waals surface area contributed by atoms with Crippen LogP contribution in [0.25, 0.3) is 0 Å². The summed E-state index contributed by atoms with van der Waals surface area (Å²) in [5, 5.41) is 17.4. The molecule has 18 heavy (non-hydrogen) atoms. The Morgan fingerprint density at radius 2 is 1.89 bits per heavy atom. The fraction of sp³-hybridized carbons (Fsp3) is 0. The van der Waals surface area contributed by atoms with E-state index in [1.54, 1.807) is 12.3 Å². The second-order valence-electron chi connectivity index (χ2n) is 3.34. The van der Waals surface area contributed by atoms with Crippen molar-refractivity contribution < 1.29 is 15.0 Å². The van der Waals surface area contributed by atoms with Crippen LogP contribution in [-0.2, 0) is 0 Å². The van der Waals surface area contributed by atoms with Crippen LogP contribution < -0.4 is 11.5 Å². The number of benzene rings is 1. The number of aromatic hydroxyl groups is 1. The average molecular weight is 247 g/mol. The molecule has 0 amide bonds. The summed E-state index contributed by atoms with van der Waals surface area (Å²) in [4.78, 5) is 14.1. The van der Waals surface area contributed by atoms with E-state index in [4.69, 9.17) is 21.7 Å². The van der Waals surface area contributed by atoms with Crippen LogP contribution >= 0.6 is 0 Å². The summed E-state index contributed by atoms with van der Waals surface area (Å²) >= 11 is 0. The van der Waals surface area contributed by atoms with E-state index in [0.717, 1.165) is 0 Å². The Hall–Kier alpha value is -2.76. The summed E-state index contributed by atoms with van der Waals surface area (Å²) in [5.74, 6) is -0.885. The first-order chi connectivity index (χ1) is 8.50. The molecule has 0 aliphatic carbocycles. The molecule has 0 spiro atoms. The summed E-state index contributed by atoms with van der Waals surface area (Å²) in [6.45, 7) is 0. The zero-order valence-corrected chi connectivity index (χ0v) is 9.45. The Labute approximate surface area is 104 Å². The quantitative estimate of drug-likeness (QED) is 0.445. The van der Waals surface area contributed by atoms with Gasteiger partial charge in [0.25, 0.3) is 0 Å². The van der Waals surface area contributed by atoms with Gasteiger partial charge in [0.1, 0.15) is 17.1 Å². The lowest BCUT2D eigenvalue weighted by atomic mass is 10.2. The molecule has 6 heteroatoms. The van der Waals surface area contributed by atoms with Crippen LogP contribution in [0.2, 0.25) is 0 Å². The summed E-state index contributed by atoms with van der Waals surface area (Å²) in [5.41, 5.74) is 10.7. The zero-order valence-electron chi connectivity index (χ0n) is 9.45. The third-order valence-electron chi connectivity index (χ3n) is 1.94. The highest BCUT2D eigenvalue weighted by molar-refractivity contribution is 5.91. The molecule has 1 aromatic heterocycles. The van der Waals surface area contributed by atoms with E-state index >= 15 is 0 Å². The third kappa shape index (κ3) is 4.01. The van der Waals surface area contributed by atoms with E-state index < -0.39 is 5.97 Å². The minimum absolute atomic E-state index is 0.176. The lowest BCUT2D eigenvalue weighted by molar-refractivity contribution is 0.0694. The van der Waals surface area contributed by atoms with Gasteiger partial charge in [-0.3, -0.25) is 0 Å². The number of aromatic nitrogens is 1. The van der Waals surface area contributed by atoms with Crippen LogP contribution in [0.4, 0.5) is 11.5 Å². The molecule has 1 heterocycles. The number of nitrogens with two attached hydrogens (primary N) is 2. The maximum absolute atomic E-state index is 10.4. The van der Waals surface area contributed by atoms with Crippen molar-refractivity contribution in [2.45, 2.75) is 0 Å². The number of hydrogen-bond donors (Lipinski definition) is 4. The molecule has 0 saturated carbocycles. The highest BCUT2D eigenvalue weighted by atomic mass is 16.4. The Kier molecular flexibility index (Phi) is 4.50. The van der Waals surface area contributed by atoms with Crippen molar-refractivity contribution in [1.29, 1.82) is 0 Å². The standard InChI is InChI=1S/C7H7NO3.C5H6N2/c8-4-1-2-6(9)5(3-4)7(10)11;6-5-3-1-2-4-7-5/h1-3,9H,8H2,(H,10,11);1-4H,(H2,6,7). The van der Waals surface area contributed by atoms with Crippen molar-refractivity contribution in [3.8, 4) is 5.75 Å². The molecule has 1 aromatic carbocycles. The van der Waals surface area contributed by atoms with Crippen LogP contribution in [0.1, 0.15) is 10.4 Å². The minimum Gasteiger partial charge on any atom is -0.507 e. The van der Waals surface area contributed by atoms with Crippen molar-refractivity contribution in [3.05, 3.63) is 48.2 Å². The second kappa shape index (κ2) is 6.09. The number of pyridine rings is 1. The fourth-order valence-electron chi connectivity index (χ4n) is 1.10. The van der Waals surface area contributed by atoms with Gasteiger partial charge in [-0.15, -0.1) is 0 Å². The van der Waals surface area contributed by atoms with Crippen LogP contribution in [-0.4, -0.2) is 21.2 Å². The number of carbonyl (C=O) groups is 1. The molecule has 6 N–H and O–H groups in total. The van der Waals surface area contributed by atoms with Gasteiger partial charge in [0.15, 0.2) is 0 Å². The minimum atomic E-state index is -1.19. The number of hydrogen-bond acceptors (Lipinski definition) is 5. The summed E-state index contributed by atoms with van der Waals surface area (Å²) in [6, 6.07) is 9.32. The molecule has 6 nitrogen and oxygen atoms in total. The third-order valence-corrected chi connectivity index (χ3v) is 1.94. The number of rotatable bonds is 1. The van der Waals surface area contributed by atoms with Crippen LogP contribution in [0, 0.1) is 0 Å². The van der Waals surface area contributed by atoms with E-state index in [1.165, 1.54) is 18.2 Å². The number of nitrogen functional groups attached to an aromatic ring is 2. The number of carboxylic acids is 1. The number of anilines is 2. The van der Waals surface area contributed by atoms with Crippen molar-refractivity contribution >= 4 is 17.5 Å². The number of aromatic carboxylic acids is 1. The maximum Gasteiger partial charge on any atom is 0.339 e. The Bertz CT molecular complexity index is 529. The molecule has 0 aliphatic heterocycles. The predicted molar refractivity (Wildman–Crippen MR) is 68.1 cm³/mol. The van der Waals surface area contributed by atoms with Gasteiger partial charge in [-0.1, -0.05) is 6.07 Å². The molecule has 94 valence electrons. The molecular formula is C12H13N3O3. The average Bonchev–Trinajstić information content (AvgIpc) is 2.34. The van der Waals surface area contributed by atoms with E-state index in [2.05, 4.69) is 4.98 Å². The Morgan fingerprint density at radius 3 is 2.28 bits per heavy atom. The van der Waals surface area contributed by atoms with Gasteiger partial charge in [-0.2, -0.15) is 0 Å². The van der Waals surface area contributed by atoms with E-state index in [0.29, 0.717) is 11.5 Å². The van der Waals surface area contributed by atoms with Crippen molar-refractivity contribution in [2.75, 3.05) is 11.5 Å². The maximum atomic E-state index is 10.4. The number of nitrogens with zero attached hydrogens (tertiary/aromatic N) is 1. The first-order valence-corrected chi connectivity index (χ1v) is 4.99. The van der Waals surface area contributed by atoms with Crippen LogP contribution in [0.3, 0.4) is 0 Å². The van der Waals surface area contributed by atoms with Gasteiger partial charge in [0.05, 0.1) is 0 Å². The lowest BCUT2D eigenvalue weighted by Crippen LogP contribution is -1.97. The Morgan fingerprint density at radius 1 is 1.17 bits per heavy atom. The zero-order chi connectivity index (χ0) is 13.5. The van der Waals surface area contributed by atoms with Gasteiger partial charge >= 0.3 is 5.97 Å². The van der Waals surface area contributed by atoms with E-state index in [-0.39, 0.29) is 11.3 Å². The molecule has 0 saturated heterocycles. The molecule has 0 bridgehead atoms. The largest absolute Gasteiger partial charge is 0.507 e. The molecule has 0 fully saturated rings. The van der Waals surface area contributed by atoms with Gasteiger partial charge in [-0.05, 0) is 30.3 Å². The smallest absolute Gasteiger partial charge is 0.339 e. The predicted octanol–water partition coefficient (Wildman–Crippen LogP) is 1.34. The molecule has 2 aromatic rings. The van der Waals surface area contributed by atoms with Gasteiger partial charge in [0, 0.05) is 11.9 Å². The fourth-order valence-corrected chi connectivity index (χ4v) is 1.10. The molecular weight excluding hydrogens is 234 g/mol. The molecule has 0 atom stereocenters. The topological polar surface area (TPSA) is 122 Å². The molecule has 0 radical (unpaired) electrons. The lowest BCUT2D eigenvalue weighted by Gasteiger charge is -1.98. The first kappa shape index (κ1) is 13.3. The summed E-state index contributed by atoms with van der Waals surface area (Å²) < 4.78 is 0. The molecule has 2 rings (SSSR count). The Balaban J connectivity index is 0.000000199. The summed E-state index contributed by atoms with van der Waals surface area (Å²) in [7, 11) is 0. The number of carboxylic acid groups (broad SMARTS) is 1. The van der Waals surface area contributed by atoms with Crippen LogP contribution in [0.5, 0.6) is 5.75 Å². The summed E-state index contributed by atoms with van der Waals surface area (Å²) in [6.07, 6.45) is 1.66. The van der Waals surface area contributed by atoms with E-state index in [1.807, 2.05) is 12.1 Å². The van der Waals surface area contributed by atoms with Gasteiger partial charge in [-0.25, -0.2) is 9.78 Å². The normalized spacial score (nSPS) is 9.11. The van der Waals surface area contributed by atoms with Crippen molar-refractivity contribution in [1.82, 2.24) is 4.98 Å². The van der Waals surface area contributed by atoms with Crippen molar-refractivity contribution in [3.63, 3.8) is 0 Å². The van der Waals surface area contributed by atoms with Crippen LogP contribution in [0.15, 0.2) is 42.6 Å². The van der Waals surface area contributed by atoms with Gasteiger partial charge in [0.2, 0.25) is 0 Å². The number of phenols is 1. The van der Waals surface area contributed by atoms with Crippen molar-refractivity contribution in [2.24, 2.45) is 0 Å². The molecule has 0 unspecified atom stereocenters. The molecule has 0 aliphatic rings. The van der Waals surface area contributed by atoms with E-state index in [9.17, 15) is 4.79 Å². The highest BCUT2D eigenvalue weighted by Gasteiger charge is 2.08.